The SMILES string of the molecule is CC1CCNC(C)C1NC(=O)c1cn(C)cn1.Cl. The van der Waals surface area contributed by atoms with E-state index >= 15 is 0 Å². The number of imidazole rings is 1. The fourth-order valence-corrected chi connectivity index (χ4v) is 2.36. The number of nitrogens with one attached hydrogen (secondary N) is 2. The van der Waals surface area contributed by atoms with Gasteiger partial charge in [-0.05, 0) is 25.8 Å². The Kier molecular flexibility index (Phi) is 5.16. The van der Waals surface area contributed by atoms with Gasteiger partial charge in [-0.1, -0.05) is 6.92 Å². The van der Waals surface area contributed by atoms with E-state index in [-0.39, 0.29) is 24.4 Å². The largest absolute Gasteiger partial charge is 0.346 e. The van der Waals surface area contributed by atoms with Crippen molar-refractivity contribution in [1.29, 1.82) is 0 Å². The third-order valence-corrected chi connectivity index (χ3v) is 3.45. The van der Waals surface area contributed by atoms with E-state index in [4.69, 9.17) is 0 Å². The topological polar surface area (TPSA) is 58.9 Å². The second kappa shape index (κ2) is 6.20. The zero-order valence-corrected chi connectivity index (χ0v) is 11.8. The third-order valence-electron chi connectivity index (χ3n) is 3.45. The molecule has 5 nitrogen and oxygen atoms in total. The Morgan fingerprint density at radius 3 is 2.83 bits per heavy atom. The molecule has 2 N–H and O–H groups in total. The summed E-state index contributed by atoms with van der Waals surface area (Å²) in [5.74, 6) is 0.414. The van der Waals surface area contributed by atoms with Crippen molar-refractivity contribution < 1.29 is 4.79 Å². The van der Waals surface area contributed by atoms with Crippen LogP contribution in [0.4, 0.5) is 0 Å². The van der Waals surface area contributed by atoms with E-state index in [2.05, 4.69) is 29.5 Å². The molecule has 0 aromatic carbocycles. The molecular formula is C12H21ClN4O. The van der Waals surface area contributed by atoms with Crippen LogP contribution in [0.1, 0.15) is 30.8 Å². The average Bonchev–Trinajstić information content (AvgIpc) is 2.70. The molecule has 1 fully saturated rings. The van der Waals surface area contributed by atoms with E-state index in [9.17, 15) is 4.79 Å². The number of amides is 1. The van der Waals surface area contributed by atoms with Gasteiger partial charge in [0.1, 0.15) is 5.69 Å². The van der Waals surface area contributed by atoms with E-state index in [0.29, 0.717) is 17.7 Å². The molecule has 1 aliphatic rings. The second-order valence-electron chi connectivity index (χ2n) is 4.93. The Labute approximate surface area is 114 Å². The van der Waals surface area contributed by atoms with Gasteiger partial charge in [0.15, 0.2) is 0 Å². The van der Waals surface area contributed by atoms with Crippen molar-refractivity contribution >= 4 is 18.3 Å². The van der Waals surface area contributed by atoms with Crippen molar-refractivity contribution in [1.82, 2.24) is 20.2 Å². The molecule has 0 saturated carbocycles. The minimum atomic E-state index is -0.0852. The fourth-order valence-electron chi connectivity index (χ4n) is 2.36. The summed E-state index contributed by atoms with van der Waals surface area (Å²) >= 11 is 0. The summed E-state index contributed by atoms with van der Waals surface area (Å²) in [4.78, 5) is 16.1. The molecule has 3 atom stereocenters. The molecule has 2 rings (SSSR count). The molecule has 1 amide bonds. The summed E-state index contributed by atoms with van der Waals surface area (Å²) in [5, 5.41) is 6.45. The van der Waals surface area contributed by atoms with E-state index in [1.54, 1.807) is 17.1 Å². The molecule has 0 bridgehead atoms. The lowest BCUT2D eigenvalue weighted by Crippen LogP contribution is -2.55. The third kappa shape index (κ3) is 3.23. The van der Waals surface area contributed by atoms with E-state index in [0.717, 1.165) is 13.0 Å². The van der Waals surface area contributed by atoms with Crippen LogP contribution in [0.15, 0.2) is 12.5 Å². The maximum atomic E-state index is 12.0. The Morgan fingerprint density at radius 1 is 1.56 bits per heavy atom. The highest BCUT2D eigenvalue weighted by atomic mass is 35.5. The molecule has 0 spiro atoms. The van der Waals surface area contributed by atoms with Gasteiger partial charge in [0, 0.05) is 25.3 Å². The number of nitrogens with zero attached hydrogens (tertiary/aromatic N) is 2. The van der Waals surface area contributed by atoms with Crippen LogP contribution in [0.2, 0.25) is 0 Å². The van der Waals surface area contributed by atoms with Gasteiger partial charge in [-0.3, -0.25) is 4.79 Å². The van der Waals surface area contributed by atoms with Gasteiger partial charge in [0.2, 0.25) is 0 Å². The summed E-state index contributed by atoms with van der Waals surface area (Å²) in [6.07, 6.45) is 4.47. The Balaban J connectivity index is 0.00000162. The van der Waals surface area contributed by atoms with Crippen LogP contribution in [-0.4, -0.2) is 34.1 Å². The van der Waals surface area contributed by atoms with Gasteiger partial charge in [-0.15, -0.1) is 12.4 Å². The summed E-state index contributed by atoms with van der Waals surface area (Å²) < 4.78 is 1.78. The number of rotatable bonds is 2. The minimum absolute atomic E-state index is 0. The molecule has 1 aromatic heterocycles. The number of carbonyl (C=O) groups is 1. The van der Waals surface area contributed by atoms with Gasteiger partial charge in [0.25, 0.3) is 5.91 Å². The predicted molar refractivity (Wildman–Crippen MR) is 73.0 cm³/mol. The lowest BCUT2D eigenvalue weighted by atomic mass is 9.89. The van der Waals surface area contributed by atoms with E-state index in [1.807, 2.05) is 7.05 Å². The summed E-state index contributed by atoms with van der Waals surface area (Å²) in [6, 6.07) is 0.490. The molecule has 102 valence electrons. The van der Waals surface area contributed by atoms with E-state index < -0.39 is 0 Å². The molecule has 3 unspecified atom stereocenters. The number of piperidine rings is 1. The highest BCUT2D eigenvalue weighted by Gasteiger charge is 2.29. The number of aryl methyl sites for hydroxylation is 1. The molecule has 1 saturated heterocycles. The highest BCUT2D eigenvalue weighted by Crippen LogP contribution is 2.16. The number of hydrogen-bond acceptors (Lipinski definition) is 3. The summed E-state index contributed by atoms with van der Waals surface area (Å²) in [7, 11) is 1.86. The van der Waals surface area contributed by atoms with Gasteiger partial charge < -0.3 is 15.2 Å². The Hall–Kier alpha value is -1.07. The van der Waals surface area contributed by atoms with Gasteiger partial charge in [0.05, 0.1) is 6.33 Å². The summed E-state index contributed by atoms with van der Waals surface area (Å²) in [6.45, 7) is 5.32. The molecule has 0 radical (unpaired) electrons. The molecule has 1 aliphatic heterocycles. The van der Waals surface area contributed by atoms with Gasteiger partial charge in [-0.25, -0.2) is 4.98 Å². The quantitative estimate of drug-likeness (QED) is 0.843. The minimum Gasteiger partial charge on any atom is -0.346 e. The van der Waals surface area contributed by atoms with Crippen molar-refractivity contribution in [2.24, 2.45) is 13.0 Å². The Bertz CT molecular complexity index is 397. The van der Waals surface area contributed by atoms with Crippen LogP contribution in [-0.2, 0) is 7.05 Å². The highest BCUT2D eigenvalue weighted by molar-refractivity contribution is 5.92. The van der Waals surface area contributed by atoms with Crippen LogP contribution in [0, 0.1) is 5.92 Å². The van der Waals surface area contributed by atoms with Crippen molar-refractivity contribution in [3.05, 3.63) is 18.2 Å². The molecule has 1 aromatic rings. The fraction of sp³-hybridized carbons (Fsp3) is 0.667. The number of carbonyl (C=O) groups excluding carboxylic acids is 1. The van der Waals surface area contributed by atoms with Crippen LogP contribution >= 0.6 is 12.4 Å². The van der Waals surface area contributed by atoms with Crippen molar-refractivity contribution in [3.63, 3.8) is 0 Å². The number of aromatic nitrogens is 2. The van der Waals surface area contributed by atoms with Crippen LogP contribution in [0.25, 0.3) is 0 Å². The monoisotopic (exact) mass is 272 g/mol. The maximum absolute atomic E-state index is 12.0. The number of hydrogen-bond donors (Lipinski definition) is 2. The normalized spacial score (nSPS) is 27.4. The van der Waals surface area contributed by atoms with Crippen molar-refractivity contribution in [2.75, 3.05) is 6.54 Å². The predicted octanol–water partition coefficient (Wildman–Crippen LogP) is 0.958. The Morgan fingerprint density at radius 2 is 2.28 bits per heavy atom. The first-order valence-corrected chi connectivity index (χ1v) is 6.10. The van der Waals surface area contributed by atoms with Crippen molar-refractivity contribution in [3.8, 4) is 0 Å². The average molecular weight is 273 g/mol. The van der Waals surface area contributed by atoms with Gasteiger partial charge >= 0.3 is 0 Å². The molecule has 6 heteroatoms. The van der Waals surface area contributed by atoms with Crippen LogP contribution in [0.5, 0.6) is 0 Å². The first-order chi connectivity index (χ1) is 8.08. The lowest BCUT2D eigenvalue weighted by Gasteiger charge is -2.35. The van der Waals surface area contributed by atoms with Crippen LogP contribution < -0.4 is 10.6 Å². The first kappa shape index (κ1) is 15.0. The molecular weight excluding hydrogens is 252 g/mol. The number of halogens is 1. The zero-order valence-electron chi connectivity index (χ0n) is 11.0. The summed E-state index contributed by atoms with van der Waals surface area (Å²) in [5.41, 5.74) is 0.484. The standard InChI is InChI=1S/C12H20N4O.ClH/c1-8-4-5-13-9(2)11(8)15-12(17)10-6-16(3)7-14-10;/h6-9,11,13H,4-5H2,1-3H3,(H,15,17);1H. The molecule has 2 heterocycles. The van der Waals surface area contributed by atoms with E-state index in [1.165, 1.54) is 0 Å². The molecule has 0 aliphatic carbocycles. The zero-order chi connectivity index (χ0) is 12.4. The maximum Gasteiger partial charge on any atom is 0.271 e. The first-order valence-electron chi connectivity index (χ1n) is 6.10. The molecule has 18 heavy (non-hydrogen) atoms. The van der Waals surface area contributed by atoms with Crippen molar-refractivity contribution in [2.45, 2.75) is 32.4 Å². The van der Waals surface area contributed by atoms with Gasteiger partial charge in [-0.2, -0.15) is 0 Å². The second-order valence-corrected chi connectivity index (χ2v) is 4.93. The van der Waals surface area contributed by atoms with Crippen LogP contribution in [0.3, 0.4) is 0 Å². The lowest BCUT2D eigenvalue weighted by molar-refractivity contribution is 0.0893. The smallest absolute Gasteiger partial charge is 0.271 e.